The molecule has 0 aromatic heterocycles. The molecule has 0 rings (SSSR count). The molecule has 0 saturated carbocycles. The van der Waals surface area contributed by atoms with Crippen LogP contribution < -0.4 is 0 Å². The number of hydrogen-bond donors (Lipinski definition) is 0. The van der Waals surface area contributed by atoms with Gasteiger partial charge in [-0.25, -0.2) is 0 Å². The van der Waals surface area contributed by atoms with E-state index in [4.69, 9.17) is 0 Å². The molecule has 0 unspecified atom stereocenters. The van der Waals surface area contributed by atoms with Crippen LogP contribution in [0.1, 0.15) is 39.5 Å². The predicted octanol–water partition coefficient (Wildman–Crippen LogP) is 3.55. The molecule has 0 N–H and O–H groups in total. The molecule has 0 amide bonds. The molecule has 0 aliphatic rings. The van der Waals surface area contributed by atoms with Crippen molar-refractivity contribution in [2.45, 2.75) is 39.5 Å². The van der Waals surface area contributed by atoms with Gasteiger partial charge in [-0.2, -0.15) is 0 Å². The molecule has 0 nitrogen and oxygen atoms in total. The van der Waals surface area contributed by atoms with E-state index in [0.717, 1.165) is 0 Å². The van der Waals surface area contributed by atoms with Crippen molar-refractivity contribution in [2.75, 3.05) is 0 Å². The summed E-state index contributed by atoms with van der Waals surface area (Å²) in [4.78, 5) is 0. The van der Waals surface area contributed by atoms with Gasteiger partial charge in [-0.05, 0) is 38.5 Å². The third-order valence-electron chi connectivity index (χ3n) is 1.38. The lowest BCUT2D eigenvalue weighted by molar-refractivity contribution is 0.830. The maximum atomic E-state index is 2.27. The molecule has 0 aromatic carbocycles. The highest BCUT2D eigenvalue weighted by molar-refractivity contribution is 4.83. The minimum absolute atomic E-state index is 1.17. The molecule has 0 bridgehead atoms. The Hall–Kier alpha value is -0.260. The summed E-state index contributed by atoms with van der Waals surface area (Å²) in [5.74, 6) is 0. The zero-order valence-electron chi connectivity index (χ0n) is 7.14. The lowest BCUT2D eigenvalue weighted by Gasteiger charge is -1.92. The van der Waals surface area contributed by atoms with E-state index in [1.165, 1.54) is 25.7 Å². The Morgan fingerprint density at radius 3 is 2.50 bits per heavy atom. The van der Waals surface area contributed by atoms with Crippen molar-refractivity contribution in [3.8, 4) is 0 Å². The third kappa shape index (κ3) is 7.74. The van der Waals surface area contributed by atoms with Crippen molar-refractivity contribution in [1.82, 2.24) is 0 Å². The summed E-state index contributed by atoms with van der Waals surface area (Å²) in [5.41, 5.74) is 0. The molecular formula is C10H18. The fourth-order valence-corrected chi connectivity index (χ4v) is 0.805. The van der Waals surface area contributed by atoms with Gasteiger partial charge in [-0.3, -0.25) is 0 Å². The molecule has 0 spiro atoms. The summed E-state index contributed by atoms with van der Waals surface area (Å²) in [5, 5.41) is 0. The largest absolute Gasteiger partial charge is 0.0888 e. The molecule has 0 saturated heterocycles. The van der Waals surface area contributed by atoms with Gasteiger partial charge in [-0.15, -0.1) is 0 Å². The van der Waals surface area contributed by atoms with E-state index in [0.29, 0.717) is 0 Å². The second-order valence-electron chi connectivity index (χ2n) is 2.38. The second-order valence-corrected chi connectivity index (χ2v) is 2.38. The van der Waals surface area contributed by atoms with Crippen molar-refractivity contribution in [1.29, 1.82) is 0 Å². The Balaban J connectivity index is 2.83. The zero-order valence-corrected chi connectivity index (χ0v) is 7.14. The van der Waals surface area contributed by atoms with Crippen LogP contribution in [0.3, 0.4) is 0 Å². The van der Waals surface area contributed by atoms with Gasteiger partial charge in [0.1, 0.15) is 0 Å². The minimum atomic E-state index is 1.17. The van der Waals surface area contributed by atoms with E-state index >= 15 is 0 Å². The molecule has 10 heavy (non-hydrogen) atoms. The quantitative estimate of drug-likeness (QED) is 0.389. The molecule has 2 radical (unpaired) electrons. The summed E-state index contributed by atoms with van der Waals surface area (Å²) in [6.07, 6.45) is 13.8. The molecular weight excluding hydrogens is 120 g/mol. The highest BCUT2D eigenvalue weighted by Gasteiger charge is 1.83. The van der Waals surface area contributed by atoms with Crippen LogP contribution in [0, 0.1) is 12.8 Å². The Labute approximate surface area is 65.3 Å². The van der Waals surface area contributed by atoms with Crippen LogP contribution in [0.2, 0.25) is 0 Å². The standard InChI is InChI=1S/C10H18/c1-3-5-7-9-10-8-6-4-2/h3,5-6,8H,4,7,9-10H2,1-2H3/b8-6+. The van der Waals surface area contributed by atoms with Crippen LogP contribution in [0.5, 0.6) is 0 Å². The first-order chi connectivity index (χ1) is 4.91. The fraction of sp³-hybridized carbons (Fsp3) is 0.600. The van der Waals surface area contributed by atoms with E-state index in [9.17, 15) is 0 Å². The smallest absolute Gasteiger partial charge is 0.0351 e. The van der Waals surface area contributed by atoms with Gasteiger partial charge >= 0.3 is 0 Å². The molecule has 0 fully saturated rings. The van der Waals surface area contributed by atoms with Crippen LogP contribution in [-0.4, -0.2) is 0 Å². The lowest BCUT2D eigenvalue weighted by atomic mass is 10.1. The molecule has 0 heterocycles. The molecule has 0 heteroatoms. The monoisotopic (exact) mass is 138 g/mol. The zero-order chi connectivity index (χ0) is 7.66. The van der Waals surface area contributed by atoms with E-state index < -0.39 is 0 Å². The average molecular weight is 138 g/mol. The number of allylic oxidation sites excluding steroid dienone is 2. The van der Waals surface area contributed by atoms with Crippen LogP contribution >= 0.6 is 0 Å². The van der Waals surface area contributed by atoms with Crippen LogP contribution in [0.4, 0.5) is 0 Å². The van der Waals surface area contributed by atoms with Crippen molar-refractivity contribution in [3.63, 3.8) is 0 Å². The summed E-state index contributed by atoms with van der Waals surface area (Å²) in [6, 6.07) is 0. The van der Waals surface area contributed by atoms with Crippen LogP contribution in [-0.2, 0) is 0 Å². The first-order valence-electron chi connectivity index (χ1n) is 4.18. The average Bonchev–Trinajstić information content (AvgIpc) is 1.97. The Morgan fingerprint density at radius 1 is 1.10 bits per heavy atom. The predicted molar refractivity (Wildman–Crippen MR) is 47.6 cm³/mol. The molecule has 0 aliphatic heterocycles. The van der Waals surface area contributed by atoms with Gasteiger partial charge in [0, 0.05) is 0 Å². The van der Waals surface area contributed by atoms with Gasteiger partial charge in [0.05, 0.1) is 0 Å². The van der Waals surface area contributed by atoms with Crippen molar-refractivity contribution in [2.24, 2.45) is 0 Å². The highest BCUT2D eigenvalue weighted by Crippen LogP contribution is 2.01. The highest BCUT2D eigenvalue weighted by atomic mass is 13.9. The van der Waals surface area contributed by atoms with Crippen LogP contribution in [0.15, 0.2) is 12.2 Å². The number of unbranched alkanes of at least 4 members (excludes halogenated alkanes) is 4. The summed E-state index contributed by atoms with van der Waals surface area (Å²) in [6.45, 7) is 4.24. The van der Waals surface area contributed by atoms with E-state index in [1.54, 1.807) is 0 Å². The Morgan fingerprint density at radius 2 is 1.90 bits per heavy atom. The van der Waals surface area contributed by atoms with E-state index in [-0.39, 0.29) is 0 Å². The van der Waals surface area contributed by atoms with Crippen molar-refractivity contribution >= 4 is 0 Å². The molecule has 0 aliphatic carbocycles. The summed E-state index contributed by atoms with van der Waals surface area (Å²) in [7, 11) is 0. The minimum Gasteiger partial charge on any atom is -0.0888 e. The summed E-state index contributed by atoms with van der Waals surface area (Å²) >= 11 is 0. The van der Waals surface area contributed by atoms with Gasteiger partial charge in [0.15, 0.2) is 0 Å². The topological polar surface area (TPSA) is 0 Å². The maximum Gasteiger partial charge on any atom is -0.0351 e. The summed E-state index contributed by atoms with van der Waals surface area (Å²) < 4.78 is 0. The fourth-order valence-electron chi connectivity index (χ4n) is 0.805. The van der Waals surface area contributed by atoms with Gasteiger partial charge < -0.3 is 0 Å². The first-order valence-corrected chi connectivity index (χ1v) is 4.18. The number of hydrogen-bond acceptors (Lipinski definition) is 0. The first kappa shape index (κ1) is 9.74. The van der Waals surface area contributed by atoms with Crippen LogP contribution in [0.25, 0.3) is 0 Å². The Bertz CT molecular complexity index is 72.1. The van der Waals surface area contributed by atoms with Gasteiger partial charge in [0.25, 0.3) is 0 Å². The third-order valence-corrected chi connectivity index (χ3v) is 1.38. The van der Waals surface area contributed by atoms with E-state index in [1.807, 2.05) is 0 Å². The number of rotatable bonds is 6. The maximum absolute atomic E-state index is 2.27. The Kier molecular flexibility index (Phi) is 8.51. The second kappa shape index (κ2) is 8.74. The SMILES string of the molecule is C[CH][CH]CCC/C=C/CC. The molecule has 58 valence electrons. The van der Waals surface area contributed by atoms with Gasteiger partial charge in [-0.1, -0.05) is 26.0 Å². The molecule has 0 atom stereocenters. The molecule has 0 aromatic rings. The van der Waals surface area contributed by atoms with Crippen molar-refractivity contribution in [3.05, 3.63) is 25.0 Å². The normalized spacial score (nSPS) is 11.0. The van der Waals surface area contributed by atoms with E-state index in [2.05, 4.69) is 38.8 Å². The van der Waals surface area contributed by atoms with Crippen molar-refractivity contribution < 1.29 is 0 Å². The lowest BCUT2D eigenvalue weighted by Crippen LogP contribution is -1.74. The van der Waals surface area contributed by atoms with Gasteiger partial charge in [0.2, 0.25) is 0 Å².